The number of benzene rings is 1. The van der Waals surface area contributed by atoms with E-state index in [9.17, 15) is 9.59 Å². The molecule has 0 saturated carbocycles. The molecule has 0 fully saturated rings. The monoisotopic (exact) mass is 415 g/mol. The lowest BCUT2D eigenvalue weighted by atomic mass is 10.2. The van der Waals surface area contributed by atoms with Crippen LogP contribution in [-0.2, 0) is 17.8 Å². The third-order valence-corrected chi connectivity index (χ3v) is 5.29. The molecule has 3 rings (SSSR count). The summed E-state index contributed by atoms with van der Waals surface area (Å²) in [5, 5.41) is 5.66. The Kier molecular flexibility index (Phi) is 6.50. The second-order valence-corrected chi connectivity index (χ2v) is 7.56. The molecule has 1 aromatic carbocycles. The largest absolute Gasteiger partial charge is 0.384 e. The van der Waals surface area contributed by atoms with Gasteiger partial charge < -0.3 is 15.8 Å². The summed E-state index contributed by atoms with van der Waals surface area (Å²) in [7, 11) is 1.63. The van der Waals surface area contributed by atoms with Crippen molar-refractivity contribution in [3.8, 4) is 11.3 Å². The van der Waals surface area contributed by atoms with Crippen molar-refractivity contribution in [2.45, 2.75) is 33.0 Å². The van der Waals surface area contributed by atoms with Gasteiger partial charge in [-0.25, -0.2) is 9.78 Å². The summed E-state index contributed by atoms with van der Waals surface area (Å²) >= 11 is 1.37. The molecule has 8 nitrogen and oxygen atoms in total. The van der Waals surface area contributed by atoms with Gasteiger partial charge in [0.1, 0.15) is 11.4 Å². The first kappa shape index (κ1) is 20.8. The molecule has 0 unspecified atom stereocenters. The topological polar surface area (TPSA) is 104 Å². The number of nitrogen functional groups attached to an aromatic ring is 1. The van der Waals surface area contributed by atoms with E-state index in [4.69, 9.17) is 10.5 Å². The van der Waals surface area contributed by atoms with Crippen LogP contribution in [0.5, 0.6) is 0 Å². The zero-order valence-corrected chi connectivity index (χ0v) is 17.5. The number of thiazole rings is 1. The summed E-state index contributed by atoms with van der Waals surface area (Å²) in [6.07, 6.45) is 0. The summed E-state index contributed by atoms with van der Waals surface area (Å²) < 4.78 is 7.74. The predicted octanol–water partition coefficient (Wildman–Crippen LogP) is 2.23. The lowest BCUT2D eigenvalue weighted by Gasteiger charge is -2.15. The van der Waals surface area contributed by atoms with Crippen LogP contribution in [0.25, 0.3) is 11.3 Å². The minimum Gasteiger partial charge on any atom is -0.384 e. The van der Waals surface area contributed by atoms with E-state index in [1.807, 2.05) is 37.3 Å². The van der Waals surface area contributed by atoms with Gasteiger partial charge in [-0.3, -0.25) is 13.9 Å². The third-order valence-electron chi connectivity index (χ3n) is 4.51. The van der Waals surface area contributed by atoms with Crippen LogP contribution in [0, 0.1) is 0 Å². The fourth-order valence-electron chi connectivity index (χ4n) is 3.11. The summed E-state index contributed by atoms with van der Waals surface area (Å²) in [5.41, 5.74) is 7.08. The first-order valence-corrected chi connectivity index (χ1v) is 10.2. The summed E-state index contributed by atoms with van der Waals surface area (Å²) in [6, 6.07) is 9.59. The summed E-state index contributed by atoms with van der Waals surface area (Å²) in [6.45, 7) is 4.79. The van der Waals surface area contributed by atoms with E-state index >= 15 is 0 Å². The molecule has 29 heavy (non-hydrogen) atoms. The Hall–Kier alpha value is -2.91. The number of methoxy groups -OCH3 is 1. The van der Waals surface area contributed by atoms with E-state index in [1.54, 1.807) is 19.4 Å². The lowest BCUT2D eigenvalue weighted by molar-refractivity contribution is 0.190. The van der Waals surface area contributed by atoms with Crippen LogP contribution in [0.1, 0.15) is 19.4 Å². The Labute approximate surface area is 172 Å². The highest BCUT2D eigenvalue weighted by molar-refractivity contribution is 7.14. The van der Waals surface area contributed by atoms with Gasteiger partial charge >= 0.3 is 5.69 Å². The van der Waals surface area contributed by atoms with Gasteiger partial charge in [-0.1, -0.05) is 30.3 Å². The van der Waals surface area contributed by atoms with Crippen LogP contribution in [0.2, 0.25) is 0 Å². The van der Waals surface area contributed by atoms with Crippen molar-refractivity contribution in [2.24, 2.45) is 0 Å². The molecular weight excluding hydrogens is 390 g/mol. The highest BCUT2D eigenvalue weighted by Crippen LogP contribution is 2.26. The van der Waals surface area contributed by atoms with Gasteiger partial charge in [-0.05, 0) is 19.4 Å². The fourth-order valence-corrected chi connectivity index (χ4v) is 3.92. The molecule has 9 heteroatoms. The van der Waals surface area contributed by atoms with E-state index in [0.717, 1.165) is 5.56 Å². The molecule has 3 aromatic rings. The summed E-state index contributed by atoms with van der Waals surface area (Å²) in [4.78, 5) is 30.3. The molecule has 0 aliphatic heterocycles. The van der Waals surface area contributed by atoms with Crippen molar-refractivity contribution in [3.05, 3.63) is 62.1 Å². The molecule has 0 aliphatic rings. The minimum atomic E-state index is -0.430. The summed E-state index contributed by atoms with van der Waals surface area (Å²) in [5.74, 6) is 0.121. The quantitative estimate of drug-likeness (QED) is 0.585. The van der Waals surface area contributed by atoms with Crippen molar-refractivity contribution in [3.63, 3.8) is 0 Å². The van der Waals surface area contributed by atoms with Crippen molar-refractivity contribution >= 4 is 22.3 Å². The number of anilines is 2. The number of ether oxygens (including phenoxy) is 1. The molecule has 0 amide bonds. The number of rotatable bonds is 8. The van der Waals surface area contributed by atoms with Gasteiger partial charge in [0.15, 0.2) is 5.13 Å². The SMILES string of the molecule is CCn1c(=O)c(-c2csc(N[C@@H](C)COC)n2)c(N)n(Cc2ccccc2)c1=O. The molecule has 0 saturated heterocycles. The van der Waals surface area contributed by atoms with Gasteiger partial charge in [0.2, 0.25) is 0 Å². The van der Waals surface area contributed by atoms with Crippen molar-refractivity contribution in [1.82, 2.24) is 14.1 Å². The minimum absolute atomic E-state index is 0.0654. The van der Waals surface area contributed by atoms with Crippen LogP contribution < -0.4 is 22.3 Å². The van der Waals surface area contributed by atoms with Crippen LogP contribution >= 0.6 is 11.3 Å². The second-order valence-electron chi connectivity index (χ2n) is 6.70. The molecule has 2 aromatic heterocycles. The van der Waals surface area contributed by atoms with Gasteiger partial charge in [0.05, 0.1) is 18.8 Å². The van der Waals surface area contributed by atoms with Gasteiger partial charge in [0.25, 0.3) is 5.56 Å². The standard InChI is InChI=1S/C20H25N5O3S/c1-4-24-18(26)16(15-12-29-19(23-15)22-13(2)11-28-3)17(21)25(20(24)27)10-14-8-6-5-7-9-14/h5-9,12-13H,4,10-11,21H2,1-3H3,(H,22,23)/t13-/m0/s1. The smallest absolute Gasteiger partial charge is 0.332 e. The van der Waals surface area contributed by atoms with E-state index in [0.29, 0.717) is 17.4 Å². The highest BCUT2D eigenvalue weighted by Gasteiger charge is 2.20. The maximum absolute atomic E-state index is 13.0. The lowest BCUT2D eigenvalue weighted by Crippen LogP contribution is -2.41. The number of nitrogens with two attached hydrogens (primary N) is 1. The Morgan fingerprint density at radius 1 is 1.24 bits per heavy atom. The van der Waals surface area contributed by atoms with Crippen LogP contribution in [-0.4, -0.2) is 33.9 Å². The number of aromatic nitrogens is 3. The molecule has 0 radical (unpaired) electrons. The molecule has 2 heterocycles. The molecule has 1 atom stereocenters. The molecule has 154 valence electrons. The normalized spacial score (nSPS) is 12.1. The number of nitrogens with one attached hydrogen (secondary N) is 1. The fraction of sp³-hybridized carbons (Fsp3) is 0.350. The predicted molar refractivity (Wildman–Crippen MR) is 117 cm³/mol. The van der Waals surface area contributed by atoms with Crippen molar-refractivity contribution < 1.29 is 4.74 Å². The highest BCUT2D eigenvalue weighted by atomic mass is 32.1. The average molecular weight is 416 g/mol. The Bertz CT molecular complexity index is 1090. The molecular formula is C20H25N5O3S. The van der Waals surface area contributed by atoms with Gasteiger partial charge in [-0.2, -0.15) is 0 Å². The average Bonchev–Trinajstić information content (AvgIpc) is 3.14. The van der Waals surface area contributed by atoms with Gasteiger partial charge in [0, 0.05) is 25.1 Å². The molecule has 0 bridgehead atoms. The second kappa shape index (κ2) is 9.06. The van der Waals surface area contributed by atoms with Crippen LogP contribution in [0.4, 0.5) is 10.9 Å². The maximum Gasteiger partial charge on any atom is 0.332 e. The van der Waals surface area contributed by atoms with E-state index < -0.39 is 11.2 Å². The zero-order chi connectivity index (χ0) is 21.0. The number of hydrogen-bond acceptors (Lipinski definition) is 7. The first-order valence-electron chi connectivity index (χ1n) is 9.34. The van der Waals surface area contributed by atoms with Crippen LogP contribution in [0.3, 0.4) is 0 Å². The number of hydrogen-bond donors (Lipinski definition) is 2. The van der Waals surface area contributed by atoms with Crippen LogP contribution in [0.15, 0.2) is 45.3 Å². The molecule has 0 aliphatic carbocycles. The Morgan fingerprint density at radius 2 is 1.97 bits per heavy atom. The van der Waals surface area contributed by atoms with Crippen molar-refractivity contribution in [1.29, 1.82) is 0 Å². The molecule has 0 spiro atoms. The third kappa shape index (κ3) is 4.41. The van der Waals surface area contributed by atoms with E-state index in [-0.39, 0.29) is 30.5 Å². The zero-order valence-electron chi connectivity index (χ0n) is 16.7. The Balaban J connectivity index is 2.07. The maximum atomic E-state index is 13.0. The van der Waals surface area contributed by atoms with E-state index in [2.05, 4.69) is 10.3 Å². The molecule has 3 N–H and O–H groups in total. The van der Waals surface area contributed by atoms with Gasteiger partial charge in [-0.15, -0.1) is 11.3 Å². The van der Waals surface area contributed by atoms with Crippen molar-refractivity contribution in [2.75, 3.05) is 24.8 Å². The Morgan fingerprint density at radius 3 is 2.62 bits per heavy atom. The number of nitrogens with zero attached hydrogens (tertiary/aromatic N) is 3. The first-order chi connectivity index (χ1) is 14.0. The van der Waals surface area contributed by atoms with E-state index in [1.165, 1.54) is 20.5 Å².